The Labute approximate surface area is 108 Å². The molecule has 2 nitrogen and oxygen atoms in total. The van der Waals surface area contributed by atoms with Crippen LogP contribution in [-0.2, 0) is 12.8 Å². The summed E-state index contributed by atoms with van der Waals surface area (Å²) in [4.78, 5) is 0. The molecule has 0 amide bonds. The van der Waals surface area contributed by atoms with Crippen molar-refractivity contribution in [3.05, 3.63) is 40.9 Å². The average Bonchev–Trinajstić information content (AvgIpc) is 2.34. The lowest BCUT2D eigenvalue weighted by Crippen LogP contribution is -2.20. The minimum Gasteiger partial charge on any atom is -0.386 e. The summed E-state index contributed by atoms with van der Waals surface area (Å²) < 4.78 is 0. The number of benzene rings is 1. The Balaban J connectivity index is 2.84. The SMILES string of the molecule is C=C(Cl)C(O)CNc1c(CC)cccc1CC. The Hall–Kier alpha value is -0.990. The average molecular weight is 254 g/mol. The van der Waals surface area contributed by atoms with Gasteiger partial charge in [0.1, 0.15) is 6.10 Å². The zero-order chi connectivity index (χ0) is 12.8. The lowest BCUT2D eigenvalue weighted by molar-refractivity contribution is 0.232. The molecule has 0 aliphatic carbocycles. The topological polar surface area (TPSA) is 32.3 Å². The van der Waals surface area contributed by atoms with Gasteiger partial charge in [-0.25, -0.2) is 0 Å². The predicted molar refractivity (Wildman–Crippen MR) is 74.7 cm³/mol. The molecule has 17 heavy (non-hydrogen) atoms. The lowest BCUT2D eigenvalue weighted by Gasteiger charge is -2.17. The van der Waals surface area contributed by atoms with Crippen LogP contribution in [0.2, 0.25) is 0 Å². The third-order valence-corrected chi connectivity index (χ3v) is 3.08. The zero-order valence-corrected chi connectivity index (χ0v) is 11.2. The van der Waals surface area contributed by atoms with E-state index >= 15 is 0 Å². The fourth-order valence-corrected chi connectivity index (χ4v) is 1.86. The Kier molecular flexibility index (Phi) is 5.52. The van der Waals surface area contributed by atoms with Gasteiger partial charge in [0.2, 0.25) is 0 Å². The molecule has 0 radical (unpaired) electrons. The van der Waals surface area contributed by atoms with Gasteiger partial charge in [-0.3, -0.25) is 0 Å². The van der Waals surface area contributed by atoms with Gasteiger partial charge in [-0.05, 0) is 24.0 Å². The molecular weight excluding hydrogens is 234 g/mol. The summed E-state index contributed by atoms with van der Waals surface area (Å²) in [6.07, 6.45) is 1.22. The number of rotatable bonds is 6. The van der Waals surface area contributed by atoms with Crippen molar-refractivity contribution >= 4 is 17.3 Å². The van der Waals surface area contributed by atoms with Gasteiger partial charge >= 0.3 is 0 Å². The second kappa shape index (κ2) is 6.67. The van der Waals surface area contributed by atoms with E-state index in [0.29, 0.717) is 6.54 Å². The fourth-order valence-electron chi connectivity index (χ4n) is 1.78. The summed E-state index contributed by atoms with van der Waals surface area (Å²) in [7, 11) is 0. The van der Waals surface area contributed by atoms with Crippen molar-refractivity contribution in [2.24, 2.45) is 0 Å². The Morgan fingerprint density at radius 1 is 1.35 bits per heavy atom. The third kappa shape index (κ3) is 3.76. The van der Waals surface area contributed by atoms with E-state index in [1.807, 2.05) is 0 Å². The Morgan fingerprint density at radius 2 is 1.88 bits per heavy atom. The number of anilines is 1. The first-order valence-electron chi connectivity index (χ1n) is 5.97. The molecule has 2 N–H and O–H groups in total. The van der Waals surface area contributed by atoms with Gasteiger partial charge < -0.3 is 10.4 Å². The maximum Gasteiger partial charge on any atom is 0.106 e. The maximum atomic E-state index is 9.62. The van der Waals surface area contributed by atoms with Crippen molar-refractivity contribution in [2.75, 3.05) is 11.9 Å². The van der Waals surface area contributed by atoms with E-state index in [4.69, 9.17) is 11.6 Å². The van der Waals surface area contributed by atoms with Crippen molar-refractivity contribution in [3.63, 3.8) is 0 Å². The molecule has 0 bridgehead atoms. The van der Waals surface area contributed by atoms with Crippen LogP contribution in [0.4, 0.5) is 5.69 Å². The molecule has 0 fully saturated rings. The lowest BCUT2D eigenvalue weighted by atomic mass is 10.0. The van der Waals surface area contributed by atoms with Crippen LogP contribution in [0.5, 0.6) is 0 Å². The molecule has 1 rings (SSSR count). The number of aliphatic hydroxyl groups excluding tert-OH is 1. The van der Waals surface area contributed by atoms with Gasteiger partial charge in [0.25, 0.3) is 0 Å². The highest BCUT2D eigenvalue weighted by molar-refractivity contribution is 6.29. The molecule has 1 aromatic rings. The van der Waals surface area contributed by atoms with E-state index in [1.165, 1.54) is 11.1 Å². The number of halogens is 1. The summed E-state index contributed by atoms with van der Waals surface area (Å²) in [5.74, 6) is 0. The van der Waals surface area contributed by atoms with Crippen LogP contribution in [0.15, 0.2) is 29.8 Å². The van der Waals surface area contributed by atoms with Gasteiger partial charge in [0.05, 0.1) is 0 Å². The van der Waals surface area contributed by atoms with Crippen LogP contribution >= 0.6 is 11.6 Å². The van der Waals surface area contributed by atoms with Crippen LogP contribution in [0.1, 0.15) is 25.0 Å². The molecule has 3 heteroatoms. The van der Waals surface area contributed by atoms with Gasteiger partial charge in [-0.1, -0.05) is 50.2 Å². The molecule has 0 saturated heterocycles. The van der Waals surface area contributed by atoms with Crippen molar-refractivity contribution in [2.45, 2.75) is 32.8 Å². The third-order valence-electron chi connectivity index (χ3n) is 2.83. The standard InChI is InChI=1S/C14H20ClNO/c1-4-11-7-6-8-12(5-2)14(11)16-9-13(17)10(3)15/h6-8,13,16-17H,3-5,9H2,1-2H3. The maximum absolute atomic E-state index is 9.62. The number of aliphatic hydroxyl groups is 1. The highest BCUT2D eigenvalue weighted by atomic mass is 35.5. The summed E-state index contributed by atoms with van der Waals surface area (Å²) in [5, 5.41) is 13.2. The van der Waals surface area contributed by atoms with Crippen molar-refractivity contribution in [3.8, 4) is 0 Å². The van der Waals surface area contributed by atoms with Crippen LogP contribution in [0.25, 0.3) is 0 Å². The number of aryl methyl sites for hydroxylation is 2. The molecule has 0 heterocycles. The van der Waals surface area contributed by atoms with Crippen LogP contribution < -0.4 is 5.32 Å². The van der Waals surface area contributed by atoms with E-state index in [1.54, 1.807) is 0 Å². The normalized spacial score (nSPS) is 12.2. The molecule has 94 valence electrons. The number of hydrogen-bond acceptors (Lipinski definition) is 2. The van der Waals surface area contributed by atoms with Crippen molar-refractivity contribution in [1.29, 1.82) is 0 Å². The summed E-state index contributed by atoms with van der Waals surface area (Å²) in [5.41, 5.74) is 3.64. The number of nitrogens with one attached hydrogen (secondary N) is 1. The minimum absolute atomic E-state index is 0.268. The van der Waals surface area contributed by atoms with Gasteiger partial charge in [-0.15, -0.1) is 0 Å². The summed E-state index contributed by atoms with van der Waals surface area (Å²) >= 11 is 5.66. The van der Waals surface area contributed by atoms with Crippen molar-refractivity contribution < 1.29 is 5.11 Å². The van der Waals surface area contributed by atoms with Gasteiger partial charge in [0, 0.05) is 17.3 Å². The zero-order valence-electron chi connectivity index (χ0n) is 10.5. The highest BCUT2D eigenvalue weighted by Crippen LogP contribution is 2.22. The first-order valence-corrected chi connectivity index (χ1v) is 6.34. The monoisotopic (exact) mass is 253 g/mol. The van der Waals surface area contributed by atoms with E-state index in [-0.39, 0.29) is 5.03 Å². The van der Waals surface area contributed by atoms with Gasteiger partial charge in [-0.2, -0.15) is 0 Å². The Morgan fingerprint density at radius 3 is 2.29 bits per heavy atom. The smallest absolute Gasteiger partial charge is 0.106 e. The number of para-hydroxylation sites is 1. The van der Waals surface area contributed by atoms with Crippen LogP contribution in [0.3, 0.4) is 0 Å². The first-order chi connectivity index (χ1) is 8.10. The molecule has 1 aromatic carbocycles. The molecule has 0 aromatic heterocycles. The van der Waals surface area contributed by atoms with Crippen LogP contribution in [0, 0.1) is 0 Å². The minimum atomic E-state index is -0.716. The molecule has 1 atom stereocenters. The summed E-state index contributed by atoms with van der Waals surface area (Å²) in [6, 6.07) is 6.27. The summed E-state index contributed by atoms with van der Waals surface area (Å²) in [6.45, 7) is 8.17. The first kappa shape index (κ1) is 14.1. The quantitative estimate of drug-likeness (QED) is 0.815. The van der Waals surface area contributed by atoms with Crippen LogP contribution in [-0.4, -0.2) is 17.8 Å². The number of hydrogen-bond donors (Lipinski definition) is 2. The van der Waals surface area contributed by atoms with Crippen molar-refractivity contribution in [1.82, 2.24) is 0 Å². The highest BCUT2D eigenvalue weighted by Gasteiger charge is 2.09. The van der Waals surface area contributed by atoms with E-state index < -0.39 is 6.10 Å². The second-order valence-electron chi connectivity index (χ2n) is 4.00. The van der Waals surface area contributed by atoms with E-state index in [0.717, 1.165) is 18.5 Å². The molecule has 0 spiro atoms. The largest absolute Gasteiger partial charge is 0.386 e. The predicted octanol–water partition coefficient (Wildman–Crippen LogP) is 3.34. The van der Waals surface area contributed by atoms with E-state index in [2.05, 4.69) is 43.9 Å². The molecule has 0 aliphatic rings. The Bertz CT molecular complexity index is 368. The molecular formula is C14H20ClNO. The van der Waals surface area contributed by atoms with E-state index in [9.17, 15) is 5.11 Å². The molecule has 0 aliphatic heterocycles. The second-order valence-corrected chi connectivity index (χ2v) is 4.49. The fraction of sp³-hybridized carbons (Fsp3) is 0.429. The van der Waals surface area contributed by atoms with Gasteiger partial charge in [0.15, 0.2) is 0 Å². The molecule has 1 unspecified atom stereocenters. The molecule has 0 saturated carbocycles.